The van der Waals surface area contributed by atoms with Crippen molar-refractivity contribution in [2.75, 3.05) is 5.32 Å². The summed E-state index contributed by atoms with van der Waals surface area (Å²) in [6.07, 6.45) is 0.580. The van der Waals surface area contributed by atoms with Crippen LogP contribution in [0.15, 0.2) is 30.3 Å². The smallest absolute Gasteiger partial charge is 0.342 e. The molecule has 0 aliphatic heterocycles. The molecule has 3 aromatic rings. The lowest BCUT2D eigenvalue weighted by Gasteiger charge is -2.18. The Hall–Kier alpha value is -2.97. The molecule has 4 rings (SSSR count). The van der Waals surface area contributed by atoms with Crippen molar-refractivity contribution >= 4 is 22.6 Å². The molecule has 9 heteroatoms. The SMILES string of the molecule is O=C(Nc1ccc2nc(C3CCCCC3)[nH]c2c1)c1ccc(C(F)(F)F)c(F)c1F. The zero-order valence-electron chi connectivity index (χ0n) is 15.7. The number of benzene rings is 2. The summed E-state index contributed by atoms with van der Waals surface area (Å²) in [4.78, 5) is 20.1. The Morgan fingerprint density at radius 1 is 1.03 bits per heavy atom. The van der Waals surface area contributed by atoms with Crippen molar-refractivity contribution < 1.29 is 26.7 Å². The van der Waals surface area contributed by atoms with Gasteiger partial charge in [-0.05, 0) is 43.2 Å². The molecule has 1 aromatic heterocycles. The number of aromatic nitrogens is 2. The highest BCUT2D eigenvalue weighted by molar-refractivity contribution is 6.05. The number of aromatic amines is 1. The lowest BCUT2D eigenvalue weighted by Crippen LogP contribution is -2.17. The highest BCUT2D eigenvalue weighted by Gasteiger charge is 2.36. The maximum Gasteiger partial charge on any atom is 0.419 e. The first-order valence-electron chi connectivity index (χ1n) is 9.60. The number of rotatable bonds is 3. The van der Waals surface area contributed by atoms with Crippen LogP contribution in [0.1, 0.15) is 59.8 Å². The summed E-state index contributed by atoms with van der Waals surface area (Å²) < 4.78 is 65.8. The number of nitrogens with zero attached hydrogens (tertiary/aromatic N) is 1. The summed E-state index contributed by atoms with van der Waals surface area (Å²) in [5.74, 6) is -3.76. The fourth-order valence-electron chi connectivity index (χ4n) is 3.82. The highest BCUT2D eigenvalue weighted by atomic mass is 19.4. The van der Waals surface area contributed by atoms with Gasteiger partial charge in [0.25, 0.3) is 5.91 Å². The Morgan fingerprint density at radius 3 is 2.47 bits per heavy atom. The van der Waals surface area contributed by atoms with Gasteiger partial charge in [0.1, 0.15) is 5.82 Å². The van der Waals surface area contributed by atoms with Crippen LogP contribution >= 0.6 is 0 Å². The van der Waals surface area contributed by atoms with Crippen LogP contribution in [0.3, 0.4) is 0 Å². The van der Waals surface area contributed by atoms with Gasteiger partial charge in [-0.3, -0.25) is 4.79 Å². The van der Waals surface area contributed by atoms with Gasteiger partial charge in [0.15, 0.2) is 11.6 Å². The summed E-state index contributed by atoms with van der Waals surface area (Å²) in [7, 11) is 0. The summed E-state index contributed by atoms with van der Waals surface area (Å²) in [5.41, 5.74) is -0.905. The van der Waals surface area contributed by atoms with Gasteiger partial charge in [-0.2, -0.15) is 13.2 Å². The third-order valence-corrected chi connectivity index (χ3v) is 5.38. The fraction of sp³-hybridized carbons (Fsp3) is 0.333. The van der Waals surface area contributed by atoms with Crippen molar-refractivity contribution in [1.82, 2.24) is 9.97 Å². The number of halogens is 5. The van der Waals surface area contributed by atoms with Gasteiger partial charge in [0, 0.05) is 11.6 Å². The van der Waals surface area contributed by atoms with E-state index in [0.717, 1.165) is 31.5 Å². The number of anilines is 1. The fourth-order valence-corrected chi connectivity index (χ4v) is 3.82. The average Bonchev–Trinajstić information content (AvgIpc) is 3.13. The van der Waals surface area contributed by atoms with E-state index < -0.39 is 34.8 Å². The van der Waals surface area contributed by atoms with Crippen LogP contribution in [-0.4, -0.2) is 15.9 Å². The average molecular weight is 423 g/mol. The van der Waals surface area contributed by atoms with E-state index in [-0.39, 0.29) is 5.69 Å². The molecule has 1 aliphatic carbocycles. The maximum absolute atomic E-state index is 14.1. The van der Waals surface area contributed by atoms with E-state index in [1.54, 1.807) is 18.2 Å². The van der Waals surface area contributed by atoms with Crippen LogP contribution in [0.25, 0.3) is 11.0 Å². The van der Waals surface area contributed by atoms with Crippen molar-refractivity contribution in [3.8, 4) is 0 Å². The second-order valence-corrected chi connectivity index (χ2v) is 7.43. The topological polar surface area (TPSA) is 57.8 Å². The first-order valence-corrected chi connectivity index (χ1v) is 9.60. The number of nitrogens with one attached hydrogen (secondary N) is 2. The van der Waals surface area contributed by atoms with Crippen LogP contribution < -0.4 is 5.32 Å². The number of carbonyl (C=O) groups is 1. The van der Waals surface area contributed by atoms with E-state index in [1.165, 1.54) is 6.42 Å². The molecule has 2 aromatic carbocycles. The number of alkyl halides is 3. The molecular weight excluding hydrogens is 405 g/mol. The molecule has 1 fully saturated rings. The molecule has 2 N–H and O–H groups in total. The summed E-state index contributed by atoms with van der Waals surface area (Å²) in [5, 5.41) is 2.39. The summed E-state index contributed by atoms with van der Waals surface area (Å²) in [6.45, 7) is 0. The van der Waals surface area contributed by atoms with E-state index >= 15 is 0 Å². The highest BCUT2D eigenvalue weighted by Crippen LogP contribution is 2.34. The Labute approximate surface area is 168 Å². The van der Waals surface area contributed by atoms with Crippen molar-refractivity contribution in [3.05, 3.63) is 58.9 Å². The zero-order valence-corrected chi connectivity index (χ0v) is 15.7. The number of carbonyl (C=O) groups excluding carboxylic acids is 1. The van der Waals surface area contributed by atoms with Crippen LogP contribution in [0, 0.1) is 11.6 Å². The lowest BCUT2D eigenvalue weighted by atomic mass is 9.89. The maximum atomic E-state index is 14.1. The van der Waals surface area contributed by atoms with E-state index in [4.69, 9.17) is 0 Å². The minimum absolute atomic E-state index is 0.283. The minimum Gasteiger partial charge on any atom is -0.342 e. The molecule has 0 atom stereocenters. The predicted octanol–water partition coefficient (Wildman–Crippen LogP) is 6.16. The van der Waals surface area contributed by atoms with Gasteiger partial charge in [0.05, 0.1) is 22.2 Å². The van der Waals surface area contributed by atoms with Gasteiger partial charge >= 0.3 is 6.18 Å². The second-order valence-electron chi connectivity index (χ2n) is 7.43. The lowest BCUT2D eigenvalue weighted by molar-refractivity contribution is -0.140. The van der Waals surface area contributed by atoms with E-state index in [2.05, 4.69) is 15.3 Å². The quantitative estimate of drug-likeness (QED) is 0.496. The third kappa shape index (κ3) is 3.88. The minimum atomic E-state index is -5.05. The van der Waals surface area contributed by atoms with Crippen LogP contribution in [0.2, 0.25) is 0 Å². The van der Waals surface area contributed by atoms with Gasteiger partial charge in [-0.25, -0.2) is 13.8 Å². The first-order chi connectivity index (χ1) is 14.2. The number of hydrogen-bond acceptors (Lipinski definition) is 2. The van der Waals surface area contributed by atoms with Crippen LogP contribution in [-0.2, 0) is 6.18 Å². The monoisotopic (exact) mass is 423 g/mol. The van der Waals surface area contributed by atoms with Gasteiger partial charge in [-0.1, -0.05) is 19.3 Å². The van der Waals surface area contributed by atoms with E-state index in [9.17, 15) is 26.7 Å². The largest absolute Gasteiger partial charge is 0.419 e. The number of H-pyrrole nitrogens is 1. The summed E-state index contributed by atoms with van der Waals surface area (Å²) in [6, 6.07) is 5.79. The molecule has 1 saturated carbocycles. The molecule has 1 heterocycles. The number of fused-ring (bicyclic) bond motifs is 1. The third-order valence-electron chi connectivity index (χ3n) is 5.38. The van der Waals surface area contributed by atoms with E-state index in [1.807, 2.05) is 0 Å². The first kappa shape index (κ1) is 20.3. The molecule has 158 valence electrons. The number of amides is 1. The van der Waals surface area contributed by atoms with Crippen molar-refractivity contribution in [1.29, 1.82) is 0 Å². The van der Waals surface area contributed by atoms with Crippen molar-refractivity contribution in [3.63, 3.8) is 0 Å². The van der Waals surface area contributed by atoms with Gasteiger partial charge in [0.2, 0.25) is 0 Å². The number of hydrogen-bond donors (Lipinski definition) is 2. The number of imidazole rings is 1. The van der Waals surface area contributed by atoms with Crippen molar-refractivity contribution in [2.45, 2.75) is 44.2 Å². The van der Waals surface area contributed by atoms with Gasteiger partial charge in [-0.15, -0.1) is 0 Å². The van der Waals surface area contributed by atoms with Crippen LogP contribution in [0.4, 0.5) is 27.6 Å². The molecule has 30 heavy (non-hydrogen) atoms. The Kier molecular flexibility index (Phi) is 5.21. The van der Waals surface area contributed by atoms with E-state index in [0.29, 0.717) is 29.1 Å². The molecule has 0 saturated heterocycles. The Morgan fingerprint density at radius 2 is 1.77 bits per heavy atom. The normalized spacial score (nSPS) is 15.5. The van der Waals surface area contributed by atoms with Crippen molar-refractivity contribution in [2.24, 2.45) is 0 Å². The van der Waals surface area contributed by atoms with Gasteiger partial charge < -0.3 is 10.3 Å². The Bertz CT molecular complexity index is 1100. The molecule has 0 spiro atoms. The van der Waals surface area contributed by atoms with Crippen LogP contribution in [0.5, 0.6) is 0 Å². The molecule has 4 nitrogen and oxygen atoms in total. The molecule has 0 unspecified atom stereocenters. The molecule has 0 radical (unpaired) electrons. The predicted molar refractivity (Wildman–Crippen MR) is 101 cm³/mol. The molecule has 0 bridgehead atoms. The molecular formula is C21H18F5N3O. The standard InChI is InChI=1S/C21H18F5N3O/c22-17-13(7-8-14(18(17)23)21(24,25)26)20(30)27-12-6-9-15-16(10-12)29-19(28-15)11-4-2-1-3-5-11/h6-11H,1-5H2,(H,27,30)(H,28,29). The Balaban J connectivity index is 1.56. The molecule has 1 amide bonds. The molecule has 1 aliphatic rings. The second kappa shape index (κ2) is 7.70. The zero-order chi connectivity index (χ0) is 21.5. The summed E-state index contributed by atoms with van der Waals surface area (Å²) >= 11 is 0.